The number of alkyl halides is 3. The maximum atomic E-state index is 13.4. The van der Waals surface area contributed by atoms with E-state index in [9.17, 15) is 22.8 Å². The summed E-state index contributed by atoms with van der Waals surface area (Å²) in [6.45, 7) is 7.02. The van der Waals surface area contributed by atoms with E-state index in [1.807, 2.05) is 4.90 Å². The Morgan fingerprint density at radius 2 is 1.93 bits per heavy atom. The van der Waals surface area contributed by atoms with Crippen molar-refractivity contribution in [3.63, 3.8) is 0 Å². The first-order valence-corrected chi connectivity index (χ1v) is 9.36. The number of carbonyl (C=O) groups is 2. The number of nitrogens with zero attached hydrogens (tertiary/aromatic N) is 2. The molecule has 9 heteroatoms. The molecule has 162 valence electrons. The third-order valence-corrected chi connectivity index (χ3v) is 4.66. The number of ether oxygens (including phenoxy) is 1. The lowest BCUT2D eigenvalue weighted by Crippen LogP contribution is -2.37. The molecule has 1 heterocycles. The van der Waals surface area contributed by atoms with Gasteiger partial charge in [-0.1, -0.05) is 6.07 Å². The lowest BCUT2D eigenvalue weighted by Gasteiger charge is -2.26. The number of hydrogen-bond acceptors (Lipinski definition) is 4. The number of aromatic carboxylic acids is 1. The van der Waals surface area contributed by atoms with Gasteiger partial charge in [0.05, 0.1) is 11.1 Å². The maximum Gasteiger partial charge on any atom is 0.416 e. The normalized spacial score (nSPS) is 18.0. The molecular formula is C20H27F3N2O4. The van der Waals surface area contributed by atoms with Gasteiger partial charge in [0.25, 0.3) is 0 Å². The van der Waals surface area contributed by atoms with Gasteiger partial charge in [0.1, 0.15) is 5.60 Å². The molecule has 1 amide bonds. The summed E-state index contributed by atoms with van der Waals surface area (Å²) in [6, 6.07) is 3.10. The van der Waals surface area contributed by atoms with Crippen LogP contribution in [0.1, 0.15) is 48.7 Å². The van der Waals surface area contributed by atoms with Crippen molar-refractivity contribution in [1.82, 2.24) is 9.80 Å². The van der Waals surface area contributed by atoms with Crippen molar-refractivity contribution in [3.8, 4) is 0 Å². The summed E-state index contributed by atoms with van der Waals surface area (Å²) in [5.41, 5.74) is -1.86. The van der Waals surface area contributed by atoms with Crippen molar-refractivity contribution in [2.45, 2.75) is 45.5 Å². The van der Waals surface area contributed by atoms with Crippen molar-refractivity contribution in [2.24, 2.45) is 5.92 Å². The summed E-state index contributed by atoms with van der Waals surface area (Å²) in [5, 5.41) is 8.96. The molecule has 1 atom stereocenters. The zero-order valence-corrected chi connectivity index (χ0v) is 17.0. The summed E-state index contributed by atoms with van der Waals surface area (Å²) in [6.07, 6.45) is -4.31. The predicted octanol–water partition coefficient (Wildman–Crippen LogP) is 4.09. The Hall–Kier alpha value is -2.29. The molecule has 1 saturated heterocycles. The van der Waals surface area contributed by atoms with E-state index in [2.05, 4.69) is 0 Å². The number of rotatable bonds is 5. The SMILES string of the molecule is CN(C[C@@H]1CCN(Cc2ccc(C(=O)O)cc2C(F)(F)F)C1)C(=O)OC(C)(C)C. The van der Waals surface area contributed by atoms with Crippen LogP contribution < -0.4 is 0 Å². The van der Waals surface area contributed by atoms with Crippen LogP contribution in [-0.2, 0) is 17.5 Å². The number of carboxylic acid groups (broad SMARTS) is 1. The van der Waals surface area contributed by atoms with Crippen LogP contribution in [0.3, 0.4) is 0 Å². The van der Waals surface area contributed by atoms with E-state index in [1.165, 1.54) is 17.0 Å². The molecule has 0 spiro atoms. The van der Waals surface area contributed by atoms with E-state index in [0.717, 1.165) is 6.42 Å². The lowest BCUT2D eigenvalue weighted by molar-refractivity contribution is -0.138. The maximum absolute atomic E-state index is 13.4. The molecule has 1 aliphatic rings. The number of hydrogen-bond donors (Lipinski definition) is 1. The molecule has 1 fully saturated rings. The van der Waals surface area contributed by atoms with Gasteiger partial charge < -0.3 is 14.7 Å². The Kier molecular flexibility index (Phi) is 6.82. The molecule has 0 saturated carbocycles. The van der Waals surface area contributed by atoms with Crippen LogP contribution in [0, 0.1) is 5.92 Å². The molecule has 0 bridgehead atoms. The monoisotopic (exact) mass is 416 g/mol. The molecule has 0 unspecified atom stereocenters. The Labute approximate surface area is 168 Å². The highest BCUT2D eigenvalue weighted by Crippen LogP contribution is 2.34. The molecule has 29 heavy (non-hydrogen) atoms. The molecule has 0 aromatic heterocycles. The van der Waals surface area contributed by atoms with Gasteiger partial charge in [0.2, 0.25) is 0 Å². The number of halogens is 3. The fourth-order valence-electron chi connectivity index (χ4n) is 3.36. The Bertz CT molecular complexity index is 759. The van der Waals surface area contributed by atoms with Gasteiger partial charge in [-0.25, -0.2) is 9.59 Å². The average Bonchev–Trinajstić information content (AvgIpc) is 2.99. The molecule has 2 rings (SSSR count). The largest absolute Gasteiger partial charge is 0.478 e. The smallest absolute Gasteiger partial charge is 0.416 e. The van der Waals surface area contributed by atoms with Gasteiger partial charge in [-0.2, -0.15) is 13.2 Å². The summed E-state index contributed by atoms with van der Waals surface area (Å²) in [5.74, 6) is -1.27. The fraction of sp³-hybridized carbons (Fsp3) is 0.600. The van der Waals surface area contributed by atoms with E-state index in [4.69, 9.17) is 9.84 Å². The molecule has 1 aromatic carbocycles. The van der Waals surface area contributed by atoms with Gasteiger partial charge >= 0.3 is 18.2 Å². The van der Waals surface area contributed by atoms with Gasteiger partial charge in [-0.3, -0.25) is 4.90 Å². The van der Waals surface area contributed by atoms with Crippen LogP contribution in [0.5, 0.6) is 0 Å². The molecule has 6 nitrogen and oxygen atoms in total. The van der Waals surface area contributed by atoms with Gasteiger partial charge in [-0.05, 0) is 57.4 Å². The quantitative estimate of drug-likeness (QED) is 0.783. The topological polar surface area (TPSA) is 70.1 Å². The fourth-order valence-corrected chi connectivity index (χ4v) is 3.36. The van der Waals surface area contributed by atoms with E-state index in [0.29, 0.717) is 25.7 Å². The minimum Gasteiger partial charge on any atom is -0.478 e. The molecule has 1 aromatic rings. The van der Waals surface area contributed by atoms with E-state index < -0.39 is 29.4 Å². The first-order valence-electron chi connectivity index (χ1n) is 9.36. The first-order chi connectivity index (χ1) is 13.3. The molecule has 0 aliphatic carbocycles. The zero-order valence-electron chi connectivity index (χ0n) is 17.0. The van der Waals surface area contributed by atoms with Gasteiger partial charge in [-0.15, -0.1) is 0 Å². The average molecular weight is 416 g/mol. The highest BCUT2D eigenvalue weighted by atomic mass is 19.4. The molecular weight excluding hydrogens is 389 g/mol. The third kappa shape index (κ3) is 6.62. The number of benzene rings is 1. The second-order valence-corrected chi connectivity index (χ2v) is 8.43. The minimum atomic E-state index is -4.63. The van der Waals surface area contributed by atoms with Crippen LogP contribution in [-0.4, -0.2) is 59.3 Å². The van der Waals surface area contributed by atoms with Crippen molar-refractivity contribution >= 4 is 12.1 Å². The van der Waals surface area contributed by atoms with Gasteiger partial charge in [0, 0.05) is 26.7 Å². The Morgan fingerprint density at radius 3 is 2.48 bits per heavy atom. The first kappa shape index (κ1) is 23.0. The molecule has 0 radical (unpaired) electrons. The lowest BCUT2D eigenvalue weighted by atomic mass is 10.0. The zero-order chi connectivity index (χ0) is 22.0. The Balaban J connectivity index is 2.01. The molecule has 1 N–H and O–H groups in total. The van der Waals surface area contributed by atoms with Crippen LogP contribution in [0.25, 0.3) is 0 Å². The van der Waals surface area contributed by atoms with Crippen LogP contribution in [0.4, 0.5) is 18.0 Å². The van der Waals surface area contributed by atoms with E-state index in [-0.39, 0.29) is 23.6 Å². The molecule has 1 aliphatic heterocycles. The Morgan fingerprint density at radius 1 is 1.28 bits per heavy atom. The number of carbonyl (C=O) groups excluding carboxylic acids is 1. The highest BCUT2D eigenvalue weighted by molar-refractivity contribution is 5.88. The summed E-state index contributed by atoms with van der Waals surface area (Å²) >= 11 is 0. The van der Waals surface area contributed by atoms with Gasteiger partial charge in [0.15, 0.2) is 0 Å². The summed E-state index contributed by atoms with van der Waals surface area (Å²) < 4.78 is 45.4. The van der Waals surface area contributed by atoms with Crippen molar-refractivity contribution in [3.05, 3.63) is 34.9 Å². The second kappa shape index (κ2) is 8.61. The number of carboxylic acids is 1. The number of amides is 1. The van der Waals surface area contributed by atoms with Crippen LogP contribution >= 0.6 is 0 Å². The standard InChI is InChI=1S/C20H27F3N2O4/c1-19(2,3)29-18(28)24(4)10-13-7-8-25(11-13)12-15-6-5-14(17(26)27)9-16(15)20(21,22)23/h5-6,9,13H,7-8,10-12H2,1-4H3,(H,26,27)/t13-/m0/s1. The number of likely N-dealkylation sites (tertiary alicyclic amines) is 1. The van der Waals surface area contributed by atoms with Crippen LogP contribution in [0.15, 0.2) is 18.2 Å². The van der Waals surface area contributed by atoms with Crippen LogP contribution in [0.2, 0.25) is 0 Å². The van der Waals surface area contributed by atoms with E-state index >= 15 is 0 Å². The highest BCUT2D eigenvalue weighted by Gasteiger charge is 2.35. The van der Waals surface area contributed by atoms with Crippen molar-refractivity contribution in [2.75, 3.05) is 26.7 Å². The second-order valence-electron chi connectivity index (χ2n) is 8.43. The minimum absolute atomic E-state index is 0.0450. The van der Waals surface area contributed by atoms with Crippen molar-refractivity contribution < 1.29 is 32.6 Å². The third-order valence-electron chi connectivity index (χ3n) is 4.66. The summed E-state index contributed by atoms with van der Waals surface area (Å²) in [7, 11) is 1.64. The summed E-state index contributed by atoms with van der Waals surface area (Å²) in [4.78, 5) is 26.5. The predicted molar refractivity (Wildman–Crippen MR) is 101 cm³/mol. The van der Waals surface area contributed by atoms with Crippen molar-refractivity contribution in [1.29, 1.82) is 0 Å². The van der Waals surface area contributed by atoms with E-state index in [1.54, 1.807) is 27.8 Å².